The molecule has 0 aliphatic rings. The first-order valence-electron chi connectivity index (χ1n) is 7.85. The lowest BCUT2D eigenvalue weighted by Gasteiger charge is -2.11. The summed E-state index contributed by atoms with van der Waals surface area (Å²) in [6.07, 6.45) is 0.742. The van der Waals surface area contributed by atoms with Crippen molar-refractivity contribution in [3.05, 3.63) is 77.4 Å². The molecule has 0 saturated heterocycles. The Morgan fingerprint density at radius 1 is 1.04 bits per heavy atom. The van der Waals surface area contributed by atoms with Crippen LogP contribution >= 0.6 is 0 Å². The Kier molecular flexibility index (Phi) is 5.09. The number of ether oxygens (including phenoxy) is 1. The molecule has 5 nitrogen and oxygen atoms in total. The third-order valence-corrected chi connectivity index (χ3v) is 4.35. The summed E-state index contributed by atoms with van der Waals surface area (Å²) in [6.45, 7) is -0.259. The second-order valence-electron chi connectivity index (χ2n) is 5.89. The molecule has 1 amide bonds. The first-order chi connectivity index (χ1) is 12.7. The number of hydrogen-bond donors (Lipinski definition) is 1. The van der Waals surface area contributed by atoms with E-state index in [0.717, 1.165) is 23.1 Å². The Morgan fingerprint density at radius 2 is 1.74 bits per heavy atom. The van der Waals surface area contributed by atoms with Gasteiger partial charge in [0.15, 0.2) is 0 Å². The summed E-state index contributed by atoms with van der Waals surface area (Å²) in [6, 6.07) is 14.3. The molecule has 0 aliphatic heterocycles. The average molecular weight is 391 g/mol. The fraction of sp³-hybridized carbons (Fsp3) is 0.105. The van der Waals surface area contributed by atoms with E-state index in [1.165, 1.54) is 0 Å². The van der Waals surface area contributed by atoms with Crippen LogP contribution in [-0.4, -0.2) is 20.6 Å². The predicted molar refractivity (Wildman–Crippen MR) is 96.9 cm³/mol. The maximum absolute atomic E-state index is 14.3. The van der Waals surface area contributed by atoms with Crippen LogP contribution in [0.1, 0.15) is 15.9 Å². The summed E-state index contributed by atoms with van der Waals surface area (Å²) < 4.78 is 57.8. The molecule has 3 aromatic rings. The number of amides is 1. The first-order valence-corrected chi connectivity index (χ1v) is 9.74. The van der Waals surface area contributed by atoms with Crippen molar-refractivity contribution in [3.63, 3.8) is 0 Å². The van der Waals surface area contributed by atoms with E-state index in [9.17, 15) is 22.0 Å². The van der Waals surface area contributed by atoms with E-state index in [-0.39, 0.29) is 12.2 Å². The van der Waals surface area contributed by atoms with Crippen LogP contribution in [0.25, 0.3) is 10.8 Å². The molecule has 8 heteroatoms. The van der Waals surface area contributed by atoms with Crippen LogP contribution in [0, 0.1) is 11.6 Å². The molecule has 0 atom stereocenters. The highest BCUT2D eigenvalue weighted by Gasteiger charge is 2.19. The molecule has 3 aromatic carbocycles. The van der Waals surface area contributed by atoms with E-state index < -0.39 is 33.1 Å². The quantitative estimate of drug-likeness (QED) is 0.724. The second-order valence-corrected chi connectivity index (χ2v) is 7.64. The van der Waals surface area contributed by atoms with Crippen molar-refractivity contribution in [2.45, 2.75) is 6.61 Å². The normalized spacial score (nSPS) is 11.4. The number of sulfonamides is 1. The zero-order valence-electron chi connectivity index (χ0n) is 14.2. The zero-order valence-corrected chi connectivity index (χ0v) is 15.0. The molecule has 0 unspecified atom stereocenters. The van der Waals surface area contributed by atoms with E-state index >= 15 is 0 Å². The van der Waals surface area contributed by atoms with E-state index in [4.69, 9.17) is 4.74 Å². The maximum Gasteiger partial charge on any atom is 0.267 e. The van der Waals surface area contributed by atoms with Gasteiger partial charge in [-0.25, -0.2) is 21.9 Å². The number of nitrogens with one attached hydrogen (secondary N) is 1. The number of carbonyl (C=O) groups excluding carboxylic acids is 1. The summed E-state index contributed by atoms with van der Waals surface area (Å²) in [5.41, 5.74) is -0.803. The van der Waals surface area contributed by atoms with Crippen LogP contribution in [0.3, 0.4) is 0 Å². The Labute approximate surface area is 154 Å². The first kappa shape index (κ1) is 18.8. The molecule has 0 aromatic heterocycles. The highest BCUT2D eigenvalue weighted by molar-refractivity contribution is 7.89. The van der Waals surface area contributed by atoms with Crippen LogP contribution in [0.4, 0.5) is 8.78 Å². The largest absolute Gasteiger partial charge is 0.488 e. The summed E-state index contributed by atoms with van der Waals surface area (Å²) in [7, 11) is -3.89. The fourth-order valence-corrected chi connectivity index (χ4v) is 3.02. The zero-order chi connectivity index (χ0) is 19.6. The summed E-state index contributed by atoms with van der Waals surface area (Å²) in [5, 5.41) is 1.76. The SMILES string of the molecule is CS(=O)(=O)NC(=O)c1cc(F)c(COc2cccc3ccccc23)cc1F. The van der Waals surface area contributed by atoms with Gasteiger partial charge in [0.25, 0.3) is 5.91 Å². The number of benzene rings is 3. The minimum absolute atomic E-state index is 0.101. The third kappa shape index (κ3) is 4.40. The van der Waals surface area contributed by atoms with Crippen LogP contribution in [-0.2, 0) is 16.6 Å². The van der Waals surface area contributed by atoms with E-state index in [0.29, 0.717) is 11.8 Å². The Hall–Kier alpha value is -3.00. The molecule has 0 bridgehead atoms. The molecular formula is C19H15F2NO4S. The number of hydrogen-bond acceptors (Lipinski definition) is 4. The van der Waals surface area contributed by atoms with Gasteiger partial charge in [-0.3, -0.25) is 4.79 Å². The minimum Gasteiger partial charge on any atom is -0.488 e. The molecule has 0 saturated carbocycles. The summed E-state index contributed by atoms with van der Waals surface area (Å²) in [4.78, 5) is 11.7. The van der Waals surface area contributed by atoms with Crippen molar-refractivity contribution >= 4 is 26.7 Å². The molecule has 27 heavy (non-hydrogen) atoms. The van der Waals surface area contributed by atoms with Gasteiger partial charge in [0.2, 0.25) is 10.0 Å². The van der Waals surface area contributed by atoms with Crippen LogP contribution in [0.15, 0.2) is 54.6 Å². The van der Waals surface area contributed by atoms with Gasteiger partial charge in [-0.05, 0) is 23.6 Å². The summed E-state index contributed by atoms with van der Waals surface area (Å²) in [5.74, 6) is -2.66. The molecule has 1 N–H and O–H groups in total. The second kappa shape index (κ2) is 7.32. The van der Waals surface area contributed by atoms with Crippen LogP contribution in [0.2, 0.25) is 0 Å². The van der Waals surface area contributed by atoms with Gasteiger partial charge in [-0.15, -0.1) is 0 Å². The molecule has 0 spiro atoms. The number of rotatable bonds is 5. The van der Waals surface area contributed by atoms with E-state index in [1.807, 2.05) is 30.3 Å². The molecule has 0 aliphatic carbocycles. The molecule has 140 valence electrons. The van der Waals surface area contributed by atoms with Gasteiger partial charge in [-0.2, -0.15) is 0 Å². The van der Waals surface area contributed by atoms with E-state index in [2.05, 4.69) is 0 Å². The van der Waals surface area contributed by atoms with Gasteiger partial charge in [-0.1, -0.05) is 36.4 Å². The third-order valence-electron chi connectivity index (χ3n) is 3.79. The Morgan fingerprint density at radius 3 is 2.48 bits per heavy atom. The minimum atomic E-state index is -3.89. The number of carbonyl (C=O) groups is 1. The van der Waals surface area contributed by atoms with Crippen molar-refractivity contribution in [1.82, 2.24) is 4.72 Å². The van der Waals surface area contributed by atoms with Gasteiger partial charge in [0.1, 0.15) is 24.0 Å². The molecular weight excluding hydrogens is 376 g/mol. The van der Waals surface area contributed by atoms with Crippen molar-refractivity contribution in [1.29, 1.82) is 0 Å². The number of halogens is 2. The number of fused-ring (bicyclic) bond motifs is 1. The monoisotopic (exact) mass is 391 g/mol. The van der Waals surface area contributed by atoms with Crippen molar-refractivity contribution in [3.8, 4) is 5.75 Å². The van der Waals surface area contributed by atoms with Crippen molar-refractivity contribution < 1.29 is 26.7 Å². The Bertz CT molecular complexity index is 1120. The lowest BCUT2D eigenvalue weighted by Crippen LogP contribution is -2.30. The standard InChI is InChI=1S/C19H15F2NO4S/c1-27(24,25)22-19(23)15-10-16(20)13(9-17(15)21)11-26-18-8-4-6-12-5-2-3-7-14(12)18/h2-10H,11H2,1H3,(H,22,23). The van der Waals surface area contributed by atoms with Gasteiger partial charge in [0.05, 0.1) is 11.8 Å². The van der Waals surface area contributed by atoms with Crippen LogP contribution in [0.5, 0.6) is 5.75 Å². The molecule has 0 heterocycles. The molecule has 0 radical (unpaired) electrons. The van der Waals surface area contributed by atoms with Gasteiger partial charge >= 0.3 is 0 Å². The lowest BCUT2D eigenvalue weighted by atomic mass is 10.1. The lowest BCUT2D eigenvalue weighted by molar-refractivity contribution is 0.0977. The van der Waals surface area contributed by atoms with Gasteiger partial charge < -0.3 is 4.74 Å². The van der Waals surface area contributed by atoms with Crippen molar-refractivity contribution in [2.75, 3.05) is 6.26 Å². The van der Waals surface area contributed by atoms with Crippen LogP contribution < -0.4 is 9.46 Å². The molecule has 3 rings (SSSR count). The topological polar surface area (TPSA) is 72.5 Å². The van der Waals surface area contributed by atoms with Gasteiger partial charge in [0, 0.05) is 10.9 Å². The maximum atomic E-state index is 14.3. The predicted octanol–water partition coefficient (Wildman–Crippen LogP) is 3.39. The van der Waals surface area contributed by atoms with Crippen molar-refractivity contribution in [2.24, 2.45) is 0 Å². The Balaban J connectivity index is 1.84. The van der Waals surface area contributed by atoms with E-state index in [1.54, 1.807) is 16.9 Å². The smallest absolute Gasteiger partial charge is 0.267 e. The summed E-state index contributed by atoms with van der Waals surface area (Å²) >= 11 is 0. The fourth-order valence-electron chi connectivity index (χ4n) is 2.57. The highest BCUT2D eigenvalue weighted by Crippen LogP contribution is 2.26. The highest BCUT2D eigenvalue weighted by atomic mass is 32.2. The molecule has 0 fully saturated rings. The average Bonchev–Trinajstić information content (AvgIpc) is 2.60.